The summed E-state index contributed by atoms with van der Waals surface area (Å²) in [6, 6.07) is 9.98. The minimum absolute atomic E-state index is 0.0628. The highest BCUT2D eigenvalue weighted by Gasteiger charge is 2.17. The minimum Gasteiger partial charge on any atom is -0.373 e. The summed E-state index contributed by atoms with van der Waals surface area (Å²) in [5.74, 6) is 0.898. The molecular weight excluding hydrogens is 226 g/mol. The highest BCUT2D eigenvalue weighted by Crippen LogP contribution is 2.29. The normalized spacial score (nSPS) is 13.1. The van der Waals surface area contributed by atoms with Crippen LogP contribution in [0.2, 0.25) is 0 Å². The maximum absolute atomic E-state index is 11.3. The number of hydrogen-bond acceptors (Lipinski definition) is 3. The van der Waals surface area contributed by atoms with E-state index in [1.165, 1.54) is 0 Å². The lowest BCUT2D eigenvalue weighted by Crippen LogP contribution is -2.03. The molecule has 0 saturated carbocycles. The van der Waals surface area contributed by atoms with Gasteiger partial charge < -0.3 is 10.6 Å². The van der Waals surface area contributed by atoms with Crippen molar-refractivity contribution >= 4 is 17.4 Å². The molecule has 1 amide bonds. The maximum Gasteiger partial charge on any atom is 0.228 e. The monoisotopic (exact) mass is 239 g/mol. The first-order valence-electron chi connectivity index (χ1n) is 5.83. The third kappa shape index (κ3) is 1.82. The summed E-state index contributed by atoms with van der Waals surface area (Å²) < 4.78 is 0. The van der Waals surface area contributed by atoms with Crippen LogP contribution in [-0.4, -0.2) is 17.9 Å². The molecular formula is C14H13N3O. The van der Waals surface area contributed by atoms with Crippen molar-refractivity contribution in [3.8, 4) is 11.1 Å². The highest BCUT2D eigenvalue weighted by atomic mass is 16.1. The fraction of sp³-hybridized carbons (Fsp3) is 0.143. The number of pyridine rings is 1. The molecule has 1 aliphatic rings. The smallest absolute Gasteiger partial charge is 0.228 e. The summed E-state index contributed by atoms with van der Waals surface area (Å²) in [4.78, 5) is 15.5. The Bertz CT molecular complexity index is 622. The quantitative estimate of drug-likeness (QED) is 0.845. The van der Waals surface area contributed by atoms with Gasteiger partial charge in [0.25, 0.3) is 0 Å². The number of carbonyl (C=O) groups excluding carboxylic acids is 1. The number of hydrogen-bond donors (Lipinski definition) is 2. The minimum atomic E-state index is 0.0628. The van der Waals surface area contributed by atoms with Crippen LogP contribution in [-0.2, 0) is 11.2 Å². The molecule has 0 bridgehead atoms. The number of carbonyl (C=O) groups is 1. The van der Waals surface area contributed by atoms with E-state index < -0.39 is 0 Å². The molecule has 1 aromatic carbocycles. The lowest BCUT2D eigenvalue weighted by atomic mass is 10.0. The molecule has 90 valence electrons. The molecule has 4 nitrogen and oxygen atoms in total. The summed E-state index contributed by atoms with van der Waals surface area (Å²) in [5, 5.41) is 5.85. The van der Waals surface area contributed by atoms with Gasteiger partial charge in [-0.2, -0.15) is 0 Å². The Balaban J connectivity index is 2.02. The van der Waals surface area contributed by atoms with E-state index in [1.807, 2.05) is 31.3 Å². The van der Waals surface area contributed by atoms with Gasteiger partial charge in [0, 0.05) is 18.9 Å². The Morgan fingerprint density at radius 3 is 2.89 bits per heavy atom. The van der Waals surface area contributed by atoms with E-state index in [4.69, 9.17) is 0 Å². The van der Waals surface area contributed by atoms with E-state index in [2.05, 4.69) is 21.7 Å². The molecule has 0 spiro atoms. The van der Waals surface area contributed by atoms with Gasteiger partial charge in [-0.3, -0.25) is 4.79 Å². The zero-order chi connectivity index (χ0) is 12.5. The van der Waals surface area contributed by atoms with Crippen LogP contribution in [0.5, 0.6) is 0 Å². The van der Waals surface area contributed by atoms with E-state index in [1.54, 1.807) is 6.20 Å². The molecule has 2 N–H and O–H groups in total. The van der Waals surface area contributed by atoms with Crippen molar-refractivity contribution in [3.63, 3.8) is 0 Å². The molecule has 0 radical (unpaired) electrons. The molecule has 3 rings (SSSR count). The first kappa shape index (κ1) is 10.8. The average molecular weight is 239 g/mol. The number of rotatable bonds is 2. The second-order valence-electron chi connectivity index (χ2n) is 4.28. The Morgan fingerprint density at radius 1 is 1.22 bits per heavy atom. The van der Waals surface area contributed by atoms with Crippen molar-refractivity contribution < 1.29 is 4.79 Å². The lowest BCUT2D eigenvalue weighted by Gasteiger charge is -2.06. The third-order valence-corrected chi connectivity index (χ3v) is 3.08. The van der Waals surface area contributed by atoms with Gasteiger partial charge in [0.2, 0.25) is 5.91 Å². The zero-order valence-electron chi connectivity index (χ0n) is 10.0. The summed E-state index contributed by atoms with van der Waals surface area (Å²) in [5.41, 5.74) is 4.17. The first-order valence-corrected chi connectivity index (χ1v) is 5.83. The van der Waals surface area contributed by atoms with Crippen LogP contribution >= 0.6 is 0 Å². The van der Waals surface area contributed by atoms with Gasteiger partial charge >= 0.3 is 0 Å². The van der Waals surface area contributed by atoms with Crippen molar-refractivity contribution in [2.24, 2.45) is 0 Å². The van der Waals surface area contributed by atoms with Gasteiger partial charge in [0.15, 0.2) is 0 Å². The van der Waals surface area contributed by atoms with Gasteiger partial charge in [0.05, 0.1) is 6.42 Å². The number of fused-ring (bicyclic) bond motifs is 1. The van der Waals surface area contributed by atoms with E-state index in [0.29, 0.717) is 6.42 Å². The number of benzene rings is 1. The van der Waals surface area contributed by atoms with E-state index in [0.717, 1.165) is 28.2 Å². The molecule has 0 unspecified atom stereocenters. The van der Waals surface area contributed by atoms with Crippen molar-refractivity contribution in [1.82, 2.24) is 4.98 Å². The molecule has 18 heavy (non-hydrogen) atoms. The fourth-order valence-electron chi connectivity index (χ4n) is 2.16. The van der Waals surface area contributed by atoms with Crippen LogP contribution in [0, 0.1) is 0 Å². The van der Waals surface area contributed by atoms with Crippen LogP contribution in [0.3, 0.4) is 0 Å². The molecule has 2 aromatic rings. The maximum atomic E-state index is 11.3. The SMILES string of the molecule is CNc1cc(-c2ccc3c(c2)CC(=O)N3)ccn1. The van der Waals surface area contributed by atoms with Gasteiger partial charge in [0.1, 0.15) is 5.82 Å². The Labute approximate surface area is 105 Å². The summed E-state index contributed by atoms with van der Waals surface area (Å²) >= 11 is 0. The predicted octanol–water partition coefficient (Wildman–Crippen LogP) is 2.28. The largest absolute Gasteiger partial charge is 0.373 e. The van der Waals surface area contributed by atoms with Crippen LogP contribution < -0.4 is 10.6 Å². The Hall–Kier alpha value is -2.36. The summed E-state index contributed by atoms with van der Waals surface area (Å²) in [6.07, 6.45) is 2.24. The van der Waals surface area contributed by atoms with E-state index >= 15 is 0 Å². The molecule has 0 atom stereocenters. The Morgan fingerprint density at radius 2 is 2.06 bits per heavy atom. The van der Waals surface area contributed by atoms with Gasteiger partial charge in [-0.15, -0.1) is 0 Å². The van der Waals surface area contributed by atoms with Gasteiger partial charge in [-0.25, -0.2) is 4.98 Å². The van der Waals surface area contributed by atoms with Crippen molar-refractivity contribution in [2.75, 3.05) is 17.7 Å². The molecule has 0 fully saturated rings. The number of nitrogens with one attached hydrogen (secondary N) is 2. The fourth-order valence-corrected chi connectivity index (χ4v) is 2.16. The van der Waals surface area contributed by atoms with Crippen LogP contribution in [0.25, 0.3) is 11.1 Å². The van der Waals surface area contributed by atoms with E-state index in [9.17, 15) is 4.79 Å². The topological polar surface area (TPSA) is 54.0 Å². The summed E-state index contributed by atoms with van der Waals surface area (Å²) in [6.45, 7) is 0. The van der Waals surface area contributed by atoms with Crippen molar-refractivity contribution in [2.45, 2.75) is 6.42 Å². The third-order valence-electron chi connectivity index (χ3n) is 3.08. The van der Waals surface area contributed by atoms with Crippen molar-refractivity contribution in [3.05, 3.63) is 42.1 Å². The standard InChI is InChI=1S/C14H13N3O/c1-15-13-7-10(4-5-16-13)9-2-3-12-11(6-9)8-14(18)17-12/h2-7H,8H2,1H3,(H,15,16)(H,17,18). The lowest BCUT2D eigenvalue weighted by molar-refractivity contribution is -0.115. The number of nitrogens with zero attached hydrogens (tertiary/aromatic N) is 1. The van der Waals surface area contributed by atoms with Gasteiger partial charge in [-0.05, 0) is 41.0 Å². The predicted molar refractivity (Wildman–Crippen MR) is 71.6 cm³/mol. The van der Waals surface area contributed by atoms with Crippen LogP contribution in [0.4, 0.5) is 11.5 Å². The molecule has 4 heteroatoms. The average Bonchev–Trinajstić information content (AvgIpc) is 2.77. The molecule has 1 aromatic heterocycles. The number of amides is 1. The van der Waals surface area contributed by atoms with Crippen LogP contribution in [0.1, 0.15) is 5.56 Å². The van der Waals surface area contributed by atoms with Gasteiger partial charge in [-0.1, -0.05) is 6.07 Å². The number of aromatic nitrogens is 1. The molecule has 0 saturated heterocycles. The first-order chi connectivity index (χ1) is 8.76. The van der Waals surface area contributed by atoms with E-state index in [-0.39, 0.29) is 5.91 Å². The molecule has 0 aliphatic carbocycles. The number of anilines is 2. The second kappa shape index (κ2) is 4.14. The summed E-state index contributed by atoms with van der Waals surface area (Å²) in [7, 11) is 1.84. The Kier molecular flexibility index (Phi) is 2.48. The molecule has 2 heterocycles. The zero-order valence-corrected chi connectivity index (χ0v) is 10.0. The van der Waals surface area contributed by atoms with Crippen LogP contribution in [0.15, 0.2) is 36.5 Å². The highest BCUT2D eigenvalue weighted by molar-refractivity contribution is 5.99. The second-order valence-corrected chi connectivity index (χ2v) is 4.28. The molecule has 1 aliphatic heterocycles. The van der Waals surface area contributed by atoms with Crippen molar-refractivity contribution in [1.29, 1.82) is 0 Å².